The Hall–Kier alpha value is -0.980. The van der Waals surface area contributed by atoms with Gasteiger partial charge in [0.2, 0.25) is 0 Å². The molecule has 1 aliphatic rings. The molecule has 0 amide bonds. The molecule has 1 fully saturated rings. The van der Waals surface area contributed by atoms with E-state index in [0.717, 1.165) is 5.56 Å². The summed E-state index contributed by atoms with van der Waals surface area (Å²) < 4.78 is 37.3. The molecule has 1 aromatic carbocycles. The van der Waals surface area contributed by atoms with Gasteiger partial charge in [0.15, 0.2) is 9.84 Å². The van der Waals surface area contributed by atoms with Gasteiger partial charge >= 0.3 is 0 Å². The molecular weight excluding hydrogens is 267 g/mol. The first-order valence-electron chi connectivity index (χ1n) is 6.30. The average molecular weight is 286 g/mol. The number of nitrogens with two attached hydrogens (primary N) is 2. The molecule has 2 atom stereocenters. The third-order valence-electron chi connectivity index (χ3n) is 4.16. The topological polar surface area (TPSA) is 86.2 Å². The summed E-state index contributed by atoms with van der Waals surface area (Å²) in [5.41, 5.74) is 11.7. The zero-order valence-electron chi connectivity index (χ0n) is 10.8. The van der Waals surface area contributed by atoms with Gasteiger partial charge in [-0.25, -0.2) is 12.8 Å². The quantitative estimate of drug-likeness (QED) is 0.831. The average Bonchev–Trinajstić information content (AvgIpc) is 3.10. The fourth-order valence-corrected chi connectivity index (χ4v) is 5.12. The molecule has 6 heteroatoms. The Morgan fingerprint density at radius 2 is 1.74 bits per heavy atom. The van der Waals surface area contributed by atoms with Gasteiger partial charge < -0.3 is 11.5 Å². The van der Waals surface area contributed by atoms with Crippen LogP contribution in [-0.4, -0.2) is 32.5 Å². The minimum absolute atomic E-state index is 0.0666. The van der Waals surface area contributed by atoms with Gasteiger partial charge in [0.1, 0.15) is 5.82 Å². The Kier molecular flexibility index (Phi) is 3.68. The zero-order chi connectivity index (χ0) is 14.3. The van der Waals surface area contributed by atoms with E-state index in [1.807, 2.05) is 0 Å². The largest absolute Gasteiger partial charge is 0.330 e. The molecule has 0 aromatic heterocycles. The first-order valence-corrected chi connectivity index (χ1v) is 8.01. The molecular formula is C13H19FN2O2S. The zero-order valence-corrected chi connectivity index (χ0v) is 11.7. The SMILES string of the molecule is CCS(=O)(=O)C1C(c2ccc(F)cc2)C1(CN)CN. The number of halogens is 1. The van der Waals surface area contributed by atoms with Crippen LogP contribution < -0.4 is 11.5 Å². The molecule has 2 unspecified atom stereocenters. The van der Waals surface area contributed by atoms with E-state index >= 15 is 0 Å². The van der Waals surface area contributed by atoms with E-state index in [0.29, 0.717) is 0 Å². The lowest BCUT2D eigenvalue weighted by atomic mass is 9.99. The third kappa shape index (κ3) is 2.17. The van der Waals surface area contributed by atoms with Crippen molar-refractivity contribution in [3.8, 4) is 0 Å². The van der Waals surface area contributed by atoms with Gasteiger partial charge in [-0.2, -0.15) is 0 Å². The van der Waals surface area contributed by atoms with Crippen molar-refractivity contribution >= 4 is 9.84 Å². The van der Waals surface area contributed by atoms with E-state index in [4.69, 9.17) is 11.5 Å². The predicted octanol–water partition coefficient (Wildman–Crippen LogP) is 0.630. The van der Waals surface area contributed by atoms with Gasteiger partial charge in [-0.1, -0.05) is 19.1 Å². The van der Waals surface area contributed by atoms with E-state index in [2.05, 4.69) is 0 Å². The molecule has 1 aliphatic carbocycles. The number of benzene rings is 1. The molecule has 0 radical (unpaired) electrons. The van der Waals surface area contributed by atoms with Crippen molar-refractivity contribution in [1.29, 1.82) is 0 Å². The van der Waals surface area contributed by atoms with Crippen molar-refractivity contribution in [3.63, 3.8) is 0 Å². The normalized spacial score (nSPS) is 25.3. The lowest BCUT2D eigenvalue weighted by molar-refractivity contribution is 0.510. The molecule has 4 nitrogen and oxygen atoms in total. The Bertz CT molecular complexity index is 553. The molecule has 4 N–H and O–H groups in total. The maximum Gasteiger partial charge on any atom is 0.154 e. The first kappa shape index (κ1) is 14.4. The molecule has 19 heavy (non-hydrogen) atoms. The highest BCUT2D eigenvalue weighted by Crippen LogP contribution is 2.61. The second kappa shape index (κ2) is 4.85. The van der Waals surface area contributed by atoms with Crippen LogP contribution in [0.3, 0.4) is 0 Å². The number of sulfone groups is 1. The summed E-state index contributed by atoms with van der Waals surface area (Å²) in [6.07, 6.45) is 0. The van der Waals surface area contributed by atoms with Crippen LogP contribution in [-0.2, 0) is 9.84 Å². The summed E-state index contributed by atoms with van der Waals surface area (Å²) in [6, 6.07) is 5.90. The first-order chi connectivity index (χ1) is 8.93. The Morgan fingerprint density at radius 1 is 1.21 bits per heavy atom. The van der Waals surface area contributed by atoms with E-state index < -0.39 is 20.5 Å². The Balaban J connectivity index is 2.42. The van der Waals surface area contributed by atoms with E-state index in [9.17, 15) is 12.8 Å². The molecule has 1 saturated carbocycles. The van der Waals surface area contributed by atoms with Crippen LogP contribution in [0.5, 0.6) is 0 Å². The number of hydrogen-bond acceptors (Lipinski definition) is 4. The molecule has 106 valence electrons. The summed E-state index contributed by atoms with van der Waals surface area (Å²) >= 11 is 0. The summed E-state index contributed by atoms with van der Waals surface area (Å²) in [4.78, 5) is 0. The predicted molar refractivity (Wildman–Crippen MR) is 72.9 cm³/mol. The standard InChI is InChI=1S/C13H19FN2O2S/c1-2-19(17,18)12-11(13(12,7-15)8-16)9-3-5-10(14)6-4-9/h3-6,11-12H,2,7-8,15-16H2,1H3. The molecule has 0 bridgehead atoms. The summed E-state index contributed by atoms with van der Waals surface area (Å²) in [7, 11) is -3.22. The molecule has 0 heterocycles. The minimum atomic E-state index is -3.22. The Morgan fingerprint density at radius 3 is 2.16 bits per heavy atom. The monoisotopic (exact) mass is 286 g/mol. The van der Waals surface area contributed by atoms with Gasteiger partial charge in [-0.15, -0.1) is 0 Å². The van der Waals surface area contributed by atoms with Gasteiger partial charge in [0, 0.05) is 30.2 Å². The van der Waals surface area contributed by atoms with Crippen LogP contribution in [0.25, 0.3) is 0 Å². The molecule has 2 rings (SSSR count). The van der Waals surface area contributed by atoms with Gasteiger partial charge in [0.25, 0.3) is 0 Å². The van der Waals surface area contributed by atoms with Crippen molar-refractivity contribution in [2.75, 3.05) is 18.8 Å². The molecule has 1 aromatic rings. The minimum Gasteiger partial charge on any atom is -0.330 e. The van der Waals surface area contributed by atoms with Gasteiger partial charge in [0.05, 0.1) is 5.25 Å². The van der Waals surface area contributed by atoms with Crippen molar-refractivity contribution < 1.29 is 12.8 Å². The van der Waals surface area contributed by atoms with Crippen LogP contribution in [0.15, 0.2) is 24.3 Å². The highest BCUT2D eigenvalue weighted by atomic mass is 32.2. The van der Waals surface area contributed by atoms with Crippen LogP contribution in [0, 0.1) is 11.2 Å². The van der Waals surface area contributed by atoms with Crippen molar-refractivity contribution in [2.45, 2.75) is 18.1 Å². The van der Waals surface area contributed by atoms with Crippen LogP contribution >= 0.6 is 0 Å². The third-order valence-corrected chi connectivity index (χ3v) is 6.48. The van der Waals surface area contributed by atoms with Gasteiger partial charge in [-0.05, 0) is 17.7 Å². The summed E-state index contributed by atoms with van der Waals surface area (Å²) in [5, 5.41) is -0.550. The second-order valence-corrected chi connectivity index (χ2v) is 7.45. The Labute approximate surface area is 112 Å². The smallest absolute Gasteiger partial charge is 0.154 e. The van der Waals surface area contributed by atoms with Crippen molar-refractivity contribution in [3.05, 3.63) is 35.6 Å². The molecule has 0 aliphatic heterocycles. The lowest BCUT2D eigenvalue weighted by Crippen LogP contribution is -2.31. The maximum absolute atomic E-state index is 13.0. The lowest BCUT2D eigenvalue weighted by Gasteiger charge is -2.12. The van der Waals surface area contributed by atoms with Gasteiger partial charge in [-0.3, -0.25) is 0 Å². The molecule has 0 spiro atoms. The van der Waals surface area contributed by atoms with Crippen LogP contribution in [0.4, 0.5) is 4.39 Å². The highest BCUT2D eigenvalue weighted by Gasteiger charge is 2.68. The van der Waals surface area contributed by atoms with E-state index in [1.54, 1.807) is 19.1 Å². The van der Waals surface area contributed by atoms with Crippen molar-refractivity contribution in [2.24, 2.45) is 16.9 Å². The van der Waals surface area contributed by atoms with Crippen LogP contribution in [0.2, 0.25) is 0 Å². The van der Waals surface area contributed by atoms with Crippen molar-refractivity contribution in [1.82, 2.24) is 0 Å². The number of hydrogen-bond donors (Lipinski definition) is 2. The fraction of sp³-hybridized carbons (Fsp3) is 0.538. The number of rotatable bonds is 5. The second-order valence-electron chi connectivity index (χ2n) is 5.04. The fourth-order valence-electron chi connectivity index (χ4n) is 2.94. The van der Waals surface area contributed by atoms with E-state index in [1.165, 1.54) is 12.1 Å². The van der Waals surface area contributed by atoms with Crippen LogP contribution in [0.1, 0.15) is 18.4 Å². The van der Waals surface area contributed by atoms with E-state index in [-0.39, 0.29) is 30.6 Å². The summed E-state index contributed by atoms with van der Waals surface area (Å²) in [6.45, 7) is 2.05. The highest BCUT2D eigenvalue weighted by molar-refractivity contribution is 7.92. The maximum atomic E-state index is 13.0. The molecule has 0 saturated heterocycles. The summed E-state index contributed by atoms with van der Waals surface area (Å²) in [5.74, 6) is -0.504.